The highest BCUT2D eigenvalue weighted by molar-refractivity contribution is 5.60. The monoisotopic (exact) mass is 628 g/mol. The summed E-state index contributed by atoms with van der Waals surface area (Å²) in [5.74, 6) is 5.32. The van der Waals surface area contributed by atoms with Crippen molar-refractivity contribution in [2.75, 3.05) is 0 Å². The van der Waals surface area contributed by atoms with Crippen LogP contribution in [0.1, 0.15) is 105 Å². The summed E-state index contributed by atoms with van der Waals surface area (Å²) < 4.78 is 5.68. The summed E-state index contributed by atoms with van der Waals surface area (Å²) in [7, 11) is 0. The summed E-state index contributed by atoms with van der Waals surface area (Å²) >= 11 is 0. The fraction of sp³-hybridized carbons (Fsp3) is 0.625. The van der Waals surface area contributed by atoms with Crippen LogP contribution in [0.4, 0.5) is 10.5 Å². The summed E-state index contributed by atoms with van der Waals surface area (Å²) in [6.45, 7) is 12.4. The predicted octanol–water partition coefficient (Wildman–Crippen LogP) is 11.6. The predicted molar refractivity (Wildman–Crippen MR) is 183 cm³/mol. The van der Waals surface area contributed by atoms with Gasteiger partial charge in [-0.2, -0.15) is 0 Å². The van der Waals surface area contributed by atoms with Gasteiger partial charge in [-0.05, 0) is 116 Å². The molecule has 6 nitrogen and oxygen atoms in total. The third-order valence-corrected chi connectivity index (χ3v) is 12.3. The average Bonchev–Trinajstić information content (AvgIpc) is 3.39. The number of fused-ring (bicyclic) bond motifs is 5. The van der Waals surface area contributed by atoms with Gasteiger partial charge in [-0.15, -0.1) is 5.11 Å². The van der Waals surface area contributed by atoms with Gasteiger partial charge in [-0.1, -0.05) is 102 Å². The van der Waals surface area contributed by atoms with Crippen molar-refractivity contribution in [2.45, 2.75) is 111 Å². The Balaban J connectivity index is 0.000000527. The Hall–Kier alpha value is -3.15. The molecular formula is C40H56N2O4. The second kappa shape index (κ2) is 15.2. The van der Waals surface area contributed by atoms with Crippen LogP contribution in [0, 0.1) is 46.3 Å². The minimum absolute atomic E-state index is 0.142. The highest BCUT2D eigenvalue weighted by Crippen LogP contribution is 2.67. The summed E-state index contributed by atoms with van der Waals surface area (Å²) in [5, 5.41) is 16.1. The van der Waals surface area contributed by atoms with Crippen molar-refractivity contribution in [3.05, 3.63) is 72.3 Å². The molecule has 8 atom stereocenters. The molecular weight excluding hydrogens is 572 g/mol. The Morgan fingerprint density at radius 2 is 1.63 bits per heavy atom. The highest BCUT2D eigenvalue weighted by Gasteiger charge is 2.59. The number of nitrogens with zero attached hydrogens (tertiary/aromatic N) is 2. The van der Waals surface area contributed by atoms with Gasteiger partial charge in [0.05, 0.1) is 5.69 Å². The van der Waals surface area contributed by atoms with Gasteiger partial charge in [0.25, 0.3) is 0 Å². The van der Waals surface area contributed by atoms with Crippen molar-refractivity contribution >= 4 is 11.8 Å². The first-order valence-corrected chi connectivity index (χ1v) is 17.9. The number of para-hydroxylation sites is 1. The zero-order chi connectivity index (χ0) is 32.7. The molecule has 6 rings (SSSR count). The molecule has 3 saturated carbocycles. The molecule has 0 bridgehead atoms. The van der Waals surface area contributed by atoms with Crippen molar-refractivity contribution in [2.24, 2.45) is 56.7 Å². The average molecular weight is 629 g/mol. The molecule has 2 aromatic rings. The van der Waals surface area contributed by atoms with Crippen molar-refractivity contribution in [3.8, 4) is 5.75 Å². The van der Waals surface area contributed by atoms with E-state index in [4.69, 9.17) is 14.7 Å². The molecule has 4 aliphatic carbocycles. The normalized spacial score (nSPS) is 32.3. The molecule has 0 aliphatic heterocycles. The fourth-order valence-electron chi connectivity index (χ4n) is 9.93. The lowest BCUT2D eigenvalue weighted by atomic mass is 9.47. The zero-order valence-electron chi connectivity index (χ0n) is 28.7. The molecule has 0 aromatic heterocycles. The van der Waals surface area contributed by atoms with Crippen LogP contribution < -0.4 is 0 Å². The Labute approximate surface area is 277 Å². The molecule has 4 aliphatic rings. The molecule has 250 valence electrons. The van der Waals surface area contributed by atoms with E-state index in [2.05, 4.69) is 51.1 Å². The first-order valence-electron chi connectivity index (χ1n) is 17.9. The lowest BCUT2D eigenvalue weighted by molar-refractivity contribution is -0.0619. The van der Waals surface area contributed by atoms with Gasteiger partial charge in [-0.25, -0.2) is 4.79 Å². The number of hydrogen-bond acceptors (Lipinski definition) is 6. The third-order valence-electron chi connectivity index (χ3n) is 12.3. The number of carbonyl (C=O) groups is 1. The second-order valence-corrected chi connectivity index (χ2v) is 15.5. The van der Waals surface area contributed by atoms with E-state index in [0.717, 1.165) is 54.8 Å². The van der Waals surface area contributed by atoms with Gasteiger partial charge in [0.2, 0.25) is 0 Å². The van der Waals surface area contributed by atoms with Crippen LogP contribution in [0.5, 0.6) is 5.75 Å². The molecule has 6 heteroatoms. The highest BCUT2D eigenvalue weighted by atomic mass is 16.8. The van der Waals surface area contributed by atoms with Gasteiger partial charge in [0, 0.05) is 11.7 Å². The minimum atomic E-state index is -0.759. The Bertz CT molecular complexity index is 1330. The third kappa shape index (κ3) is 7.86. The van der Waals surface area contributed by atoms with Crippen LogP contribution >= 0.6 is 0 Å². The molecule has 0 unspecified atom stereocenters. The summed E-state index contributed by atoms with van der Waals surface area (Å²) in [5.41, 5.74) is 2.90. The number of allylic oxidation sites excluding steroid dienone is 1. The summed E-state index contributed by atoms with van der Waals surface area (Å²) in [6.07, 6.45) is 15.4. The summed E-state index contributed by atoms with van der Waals surface area (Å²) in [4.78, 5) is 17.2. The maximum atomic E-state index is 12.3. The number of rotatable bonds is 8. The van der Waals surface area contributed by atoms with Gasteiger partial charge in [0.15, 0.2) is 0 Å². The maximum Gasteiger partial charge on any atom is 0.536 e. The molecule has 0 heterocycles. The number of benzene rings is 2. The van der Waals surface area contributed by atoms with E-state index < -0.39 is 6.16 Å². The maximum absolute atomic E-state index is 12.3. The number of aromatic hydroxyl groups is 1. The molecule has 46 heavy (non-hydrogen) atoms. The number of phenolic OH excluding ortho intramolecular Hbond substituents is 1. The fourth-order valence-corrected chi connectivity index (χ4v) is 9.93. The van der Waals surface area contributed by atoms with E-state index in [9.17, 15) is 4.79 Å². The lowest BCUT2D eigenvalue weighted by Crippen LogP contribution is -2.51. The zero-order valence-corrected chi connectivity index (χ0v) is 28.7. The van der Waals surface area contributed by atoms with Crippen molar-refractivity contribution in [3.63, 3.8) is 0 Å². The van der Waals surface area contributed by atoms with E-state index in [0.29, 0.717) is 16.9 Å². The van der Waals surface area contributed by atoms with Crippen LogP contribution in [-0.4, -0.2) is 17.4 Å². The quantitative estimate of drug-likeness (QED) is 0.136. The van der Waals surface area contributed by atoms with Crippen molar-refractivity contribution < 1.29 is 19.5 Å². The van der Waals surface area contributed by atoms with Crippen molar-refractivity contribution in [1.29, 1.82) is 0 Å². The van der Waals surface area contributed by atoms with Crippen molar-refractivity contribution in [1.82, 2.24) is 0 Å². The van der Waals surface area contributed by atoms with E-state index in [-0.39, 0.29) is 11.5 Å². The van der Waals surface area contributed by atoms with E-state index in [1.807, 2.05) is 24.3 Å². The first-order chi connectivity index (χ1) is 22.1. The SMILES string of the molecule is CC(C)CCC[C@@H](C)[C@H]1CC[C@H]2[C@@H]3CC=C4C[C@@H](OC(=O)O/N=N/c5ccccc5)CC[C@]4(C)[C@H]3CC[C@]12C.Oc1ccccc1. The number of phenols is 1. The standard InChI is InChI=1S/C34H50N2O3.C6H6O/c1-23(2)10-9-11-24(3)29-16-17-30-28-15-14-25-22-27(18-20-33(25,4)31(28)19-21-34(29,30)5)38-32(37)39-36-35-26-12-7-6-8-13-26;7-6-4-2-1-3-5-6/h6-8,12-14,23-24,27-31H,9-11,15-22H2,1-5H3;1-5,7H/b36-35+;/t24-,27+,28+,29-,30+,31+,33+,34-;/m1./s1. The van der Waals surface area contributed by atoms with Gasteiger partial charge in [-0.3, -0.25) is 4.84 Å². The summed E-state index contributed by atoms with van der Waals surface area (Å²) in [6, 6.07) is 17.9. The van der Waals surface area contributed by atoms with E-state index in [1.54, 1.807) is 36.4 Å². The van der Waals surface area contributed by atoms with Crippen LogP contribution in [-0.2, 0) is 9.57 Å². The largest absolute Gasteiger partial charge is 0.536 e. The smallest absolute Gasteiger partial charge is 0.508 e. The van der Waals surface area contributed by atoms with Crippen LogP contribution in [0.15, 0.2) is 82.7 Å². The Kier molecular flexibility index (Phi) is 11.3. The van der Waals surface area contributed by atoms with Gasteiger partial charge >= 0.3 is 6.16 Å². The minimum Gasteiger partial charge on any atom is -0.508 e. The second-order valence-electron chi connectivity index (χ2n) is 15.5. The van der Waals surface area contributed by atoms with E-state index >= 15 is 0 Å². The number of ether oxygens (including phenoxy) is 1. The van der Waals surface area contributed by atoms with E-state index in [1.165, 1.54) is 56.9 Å². The molecule has 0 amide bonds. The van der Waals surface area contributed by atoms with Crippen LogP contribution in [0.2, 0.25) is 0 Å². The molecule has 0 spiro atoms. The Morgan fingerprint density at radius 3 is 2.30 bits per heavy atom. The molecule has 0 saturated heterocycles. The molecule has 2 aromatic carbocycles. The van der Waals surface area contributed by atoms with Crippen LogP contribution in [0.25, 0.3) is 0 Å². The van der Waals surface area contributed by atoms with Gasteiger partial charge in [0.1, 0.15) is 11.9 Å². The molecule has 0 radical (unpaired) electrons. The topological polar surface area (TPSA) is 80.5 Å². The molecule has 1 N–H and O–H groups in total. The number of hydrogen-bond donors (Lipinski definition) is 1. The Morgan fingerprint density at radius 1 is 0.913 bits per heavy atom. The lowest BCUT2D eigenvalue weighted by Gasteiger charge is -2.58. The molecule has 3 fully saturated rings. The van der Waals surface area contributed by atoms with Gasteiger partial charge < -0.3 is 9.84 Å². The number of carbonyl (C=O) groups excluding carboxylic acids is 1. The first kappa shape index (κ1) is 34.2. The van der Waals surface area contributed by atoms with Crippen LogP contribution in [0.3, 0.4) is 0 Å².